The average molecular weight is 181 g/mol. The molecule has 0 bridgehead atoms. The SMILES string of the molecule is CNC1CCCc2sc(C)cc21. The zero-order valence-electron chi connectivity index (χ0n) is 7.68. The highest BCUT2D eigenvalue weighted by Gasteiger charge is 2.20. The van der Waals surface area contributed by atoms with Gasteiger partial charge in [-0.15, -0.1) is 11.3 Å². The molecule has 0 aliphatic heterocycles. The molecule has 0 radical (unpaired) electrons. The molecule has 12 heavy (non-hydrogen) atoms. The van der Waals surface area contributed by atoms with Crippen LogP contribution in [0.15, 0.2) is 6.07 Å². The molecule has 1 N–H and O–H groups in total. The predicted molar refractivity (Wildman–Crippen MR) is 53.8 cm³/mol. The van der Waals surface area contributed by atoms with Crippen molar-refractivity contribution < 1.29 is 0 Å². The fourth-order valence-corrected chi connectivity index (χ4v) is 3.13. The summed E-state index contributed by atoms with van der Waals surface area (Å²) in [5, 5.41) is 3.38. The van der Waals surface area contributed by atoms with Crippen molar-refractivity contribution in [1.29, 1.82) is 0 Å². The molecule has 1 aliphatic carbocycles. The summed E-state index contributed by atoms with van der Waals surface area (Å²) in [4.78, 5) is 3.07. The van der Waals surface area contributed by atoms with Crippen LogP contribution < -0.4 is 5.32 Å². The van der Waals surface area contributed by atoms with Gasteiger partial charge in [-0.1, -0.05) is 0 Å². The molecule has 2 heteroatoms. The molecule has 2 rings (SSSR count). The second kappa shape index (κ2) is 3.19. The summed E-state index contributed by atoms with van der Waals surface area (Å²) in [6.45, 7) is 2.20. The first kappa shape index (κ1) is 8.27. The molecule has 1 unspecified atom stereocenters. The highest BCUT2D eigenvalue weighted by atomic mass is 32.1. The first-order chi connectivity index (χ1) is 5.81. The lowest BCUT2D eigenvalue weighted by Gasteiger charge is -2.21. The zero-order chi connectivity index (χ0) is 8.55. The molecule has 0 amide bonds. The van der Waals surface area contributed by atoms with Gasteiger partial charge in [-0.25, -0.2) is 0 Å². The Morgan fingerprint density at radius 1 is 1.58 bits per heavy atom. The van der Waals surface area contributed by atoms with E-state index >= 15 is 0 Å². The second-order valence-corrected chi connectivity index (χ2v) is 4.81. The molecule has 1 aromatic heterocycles. The lowest BCUT2D eigenvalue weighted by Crippen LogP contribution is -2.19. The van der Waals surface area contributed by atoms with Crippen LogP contribution in [0.4, 0.5) is 0 Å². The molecular formula is C10H15NS. The topological polar surface area (TPSA) is 12.0 Å². The Bertz CT molecular complexity index is 277. The Morgan fingerprint density at radius 2 is 2.42 bits per heavy atom. The lowest BCUT2D eigenvalue weighted by molar-refractivity contribution is 0.501. The minimum absolute atomic E-state index is 0.624. The summed E-state index contributed by atoms with van der Waals surface area (Å²) < 4.78 is 0. The van der Waals surface area contributed by atoms with Crippen molar-refractivity contribution in [2.24, 2.45) is 0 Å². The van der Waals surface area contributed by atoms with Crippen molar-refractivity contribution in [3.05, 3.63) is 21.4 Å². The largest absolute Gasteiger partial charge is 0.313 e. The fraction of sp³-hybridized carbons (Fsp3) is 0.600. The number of hydrogen-bond donors (Lipinski definition) is 1. The van der Waals surface area contributed by atoms with Crippen LogP contribution in [0.3, 0.4) is 0 Å². The van der Waals surface area contributed by atoms with Crippen LogP contribution in [0.5, 0.6) is 0 Å². The molecule has 1 heterocycles. The summed E-state index contributed by atoms with van der Waals surface area (Å²) in [6.07, 6.45) is 3.95. The molecule has 0 spiro atoms. The van der Waals surface area contributed by atoms with Crippen LogP contribution in [0, 0.1) is 6.92 Å². The van der Waals surface area contributed by atoms with Gasteiger partial charge in [0.05, 0.1) is 0 Å². The third-order valence-corrected chi connectivity index (χ3v) is 3.71. The third kappa shape index (κ3) is 1.29. The van der Waals surface area contributed by atoms with E-state index < -0.39 is 0 Å². The van der Waals surface area contributed by atoms with E-state index in [9.17, 15) is 0 Å². The van der Waals surface area contributed by atoms with E-state index in [2.05, 4.69) is 25.4 Å². The Morgan fingerprint density at radius 3 is 3.17 bits per heavy atom. The standard InChI is InChI=1S/C10H15NS/c1-7-6-8-9(11-2)4-3-5-10(8)12-7/h6,9,11H,3-5H2,1-2H3. The van der Waals surface area contributed by atoms with E-state index in [1.54, 1.807) is 10.4 Å². The Hall–Kier alpha value is -0.340. The number of aryl methyl sites for hydroxylation is 2. The number of thiophene rings is 1. The summed E-state index contributed by atoms with van der Waals surface area (Å²) in [5.74, 6) is 0. The second-order valence-electron chi connectivity index (χ2n) is 3.47. The van der Waals surface area contributed by atoms with Crippen LogP contribution in [-0.2, 0) is 6.42 Å². The molecule has 1 nitrogen and oxygen atoms in total. The number of nitrogens with one attached hydrogen (secondary N) is 1. The monoisotopic (exact) mass is 181 g/mol. The van der Waals surface area contributed by atoms with Crippen LogP contribution in [0.2, 0.25) is 0 Å². The van der Waals surface area contributed by atoms with Gasteiger partial charge in [0.1, 0.15) is 0 Å². The fourth-order valence-electron chi connectivity index (χ4n) is 1.99. The maximum Gasteiger partial charge on any atom is 0.0328 e. The maximum absolute atomic E-state index is 3.38. The smallest absolute Gasteiger partial charge is 0.0328 e. The quantitative estimate of drug-likeness (QED) is 0.702. The Labute approximate surface area is 77.8 Å². The maximum atomic E-state index is 3.38. The number of rotatable bonds is 1. The van der Waals surface area contributed by atoms with Crippen molar-refractivity contribution >= 4 is 11.3 Å². The first-order valence-corrected chi connectivity index (χ1v) is 5.39. The molecule has 0 fully saturated rings. The van der Waals surface area contributed by atoms with Crippen LogP contribution in [-0.4, -0.2) is 7.05 Å². The highest BCUT2D eigenvalue weighted by Crippen LogP contribution is 2.34. The molecule has 66 valence electrons. The van der Waals surface area contributed by atoms with Gasteiger partial charge in [0.25, 0.3) is 0 Å². The number of fused-ring (bicyclic) bond motifs is 1. The van der Waals surface area contributed by atoms with Gasteiger partial charge in [-0.3, -0.25) is 0 Å². The van der Waals surface area contributed by atoms with Gasteiger partial charge in [-0.05, 0) is 44.9 Å². The Balaban J connectivity index is 2.36. The van der Waals surface area contributed by atoms with E-state index in [0.717, 1.165) is 0 Å². The minimum atomic E-state index is 0.624. The molecule has 1 atom stereocenters. The Kier molecular flexibility index (Phi) is 2.20. The van der Waals surface area contributed by atoms with Crippen LogP contribution in [0.1, 0.15) is 34.2 Å². The van der Waals surface area contributed by atoms with Crippen molar-refractivity contribution in [2.45, 2.75) is 32.2 Å². The van der Waals surface area contributed by atoms with Crippen molar-refractivity contribution in [1.82, 2.24) is 5.32 Å². The van der Waals surface area contributed by atoms with E-state index in [4.69, 9.17) is 0 Å². The average Bonchev–Trinajstić information content (AvgIpc) is 2.44. The normalized spacial score (nSPS) is 22.3. The molecule has 1 aromatic rings. The van der Waals surface area contributed by atoms with E-state index in [0.29, 0.717) is 6.04 Å². The van der Waals surface area contributed by atoms with Gasteiger partial charge in [0.2, 0.25) is 0 Å². The zero-order valence-corrected chi connectivity index (χ0v) is 8.50. The van der Waals surface area contributed by atoms with Crippen molar-refractivity contribution in [3.63, 3.8) is 0 Å². The molecule has 0 aromatic carbocycles. The summed E-state index contributed by atoms with van der Waals surface area (Å²) in [7, 11) is 2.06. The summed E-state index contributed by atoms with van der Waals surface area (Å²) in [6, 6.07) is 2.97. The summed E-state index contributed by atoms with van der Waals surface area (Å²) in [5.41, 5.74) is 1.56. The van der Waals surface area contributed by atoms with Crippen LogP contribution in [0.25, 0.3) is 0 Å². The van der Waals surface area contributed by atoms with Gasteiger partial charge in [-0.2, -0.15) is 0 Å². The summed E-state index contributed by atoms with van der Waals surface area (Å²) >= 11 is 1.97. The van der Waals surface area contributed by atoms with Crippen molar-refractivity contribution in [3.8, 4) is 0 Å². The molecule has 0 saturated carbocycles. The minimum Gasteiger partial charge on any atom is -0.313 e. The van der Waals surface area contributed by atoms with Gasteiger partial charge < -0.3 is 5.32 Å². The third-order valence-electron chi connectivity index (χ3n) is 2.59. The first-order valence-electron chi connectivity index (χ1n) is 4.57. The molecule has 0 saturated heterocycles. The number of hydrogen-bond acceptors (Lipinski definition) is 2. The molecule has 1 aliphatic rings. The molecular weight excluding hydrogens is 166 g/mol. The van der Waals surface area contributed by atoms with Gasteiger partial charge >= 0.3 is 0 Å². The van der Waals surface area contributed by atoms with Gasteiger partial charge in [0, 0.05) is 15.8 Å². The van der Waals surface area contributed by atoms with E-state index in [1.165, 1.54) is 24.1 Å². The highest BCUT2D eigenvalue weighted by molar-refractivity contribution is 7.12. The lowest BCUT2D eigenvalue weighted by atomic mass is 9.94. The van der Waals surface area contributed by atoms with Crippen LogP contribution >= 0.6 is 11.3 Å². The van der Waals surface area contributed by atoms with E-state index in [-0.39, 0.29) is 0 Å². The van der Waals surface area contributed by atoms with Crippen molar-refractivity contribution in [2.75, 3.05) is 7.05 Å². The van der Waals surface area contributed by atoms with Gasteiger partial charge in [0.15, 0.2) is 0 Å². The van der Waals surface area contributed by atoms with E-state index in [1.807, 2.05) is 11.3 Å². The predicted octanol–water partition coefficient (Wildman–Crippen LogP) is 2.65.